The summed E-state index contributed by atoms with van der Waals surface area (Å²) in [5.41, 5.74) is 2.38. The Morgan fingerprint density at radius 2 is 1.55 bits per heavy atom. The summed E-state index contributed by atoms with van der Waals surface area (Å²) in [7, 11) is -1.99. The van der Waals surface area contributed by atoms with Gasteiger partial charge in [0.1, 0.15) is 0 Å². The van der Waals surface area contributed by atoms with Crippen LogP contribution in [0.2, 0.25) is 0 Å². The van der Waals surface area contributed by atoms with E-state index in [-0.39, 0.29) is 28.2 Å². The van der Waals surface area contributed by atoms with Gasteiger partial charge >= 0.3 is 0 Å². The zero-order valence-corrected chi connectivity index (χ0v) is 18.9. The van der Waals surface area contributed by atoms with E-state index in [0.29, 0.717) is 12.2 Å². The number of hydrogen-bond donors (Lipinski definition) is 1. The first-order valence-corrected chi connectivity index (χ1v) is 11.7. The van der Waals surface area contributed by atoms with E-state index in [4.69, 9.17) is 0 Å². The molecule has 0 aliphatic carbocycles. The highest BCUT2D eigenvalue weighted by atomic mass is 32.2. The summed E-state index contributed by atoms with van der Waals surface area (Å²) in [6.45, 7) is 4.53. The van der Waals surface area contributed by atoms with E-state index in [9.17, 15) is 13.2 Å². The Bertz CT molecular complexity index is 1130. The third-order valence-electron chi connectivity index (χ3n) is 5.13. The predicted octanol–water partition coefficient (Wildman–Crippen LogP) is 4.71. The molecule has 0 saturated carbocycles. The molecule has 0 spiro atoms. The van der Waals surface area contributed by atoms with Crippen molar-refractivity contribution in [2.45, 2.75) is 36.1 Å². The number of nitrogens with zero attached hydrogens (tertiary/aromatic N) is 1. The molecule has 1 N–H and O–H groups in total. The van der Waals surface area contributed by atoms with Crippen LogP contribution in [0.15, 0.2) is 88.7 Å². The molecule has 0 aromatic heterocycles. The number of nitrogens with one attached hydrogen (secondary N) is 1. The molecule has 0 aliphatic heterocycles. The lowest BCUT2D eigenvalue weighted by Gasteiger charge is -2.19. The van der Waals surface area contributed by atoms with Gasteiger partial charge in [-0.25, -0.2) is 8.42 Å². The van der Waals surface area contributed by atoms with Gasteiger partial charge in [0, 0.05) is 13.6 Å². The van der Waals surface area contributed by atoms with Gasteiger partial charge in [0.2, 0.25) is 15.7 Å². The first-order valence-electron chi connectivity index (χ1n) is 10.2. The number of sulfone groups is 1. The largest absolute Gasteiger partial charge is 0.375 e. The summed E-state index contributed by atoms with van der Waals surface area (Å²) in [6, 6.07) is 23.4. The van der Waals surface area contributed by atoms with Crippen molar-refractivity contribution in [1.82, 2.24) is 4.90 Å². The SMILES string of the molecule is CC(C)c1ccc(NCC(=O)N(C)Cc2ccccc2)c(S(=O)(=O)c2ccccc2)c1. The molecule has 0 fully saturated rings. The van der Waals surface area contributed by atoms with E-state index in [1.54, 1.807) is 54.4 Å². The molecule has 0 aliphatic rings. The Kier molecular flexibility index (Phi) is 7.13. The smallest absolute Gasteiger partial charge is 0.241 e. The molecule has 0 heterocycles. The number of likely N-dealkylation sites (N-methyl/N-ethyl adjacent to an activating group) is 1. The average molecular weight is 437 g/mol. The molecular weight excluding hydrogens is 408 g/mol. The molecule has 162 valence electrons. The minimum absolute atomic E-state index is 0.00166. The first-order chi connectivity index (χ1) is 14.8. The monoisotopic (exact) mass is 436 g/mol. The van der Waals surface area contributed by atoms with Crippen LogP contribution in [0, 0.1) is 0 Å². The van der Waals surface area contributed by atoms with Crippen LogP contribution in [0.3, 0.4) is 0 Å². The fourth-order valence-electron chi connectivity index (χ4n) is 3.24. The van der Waals surface area contributed by atoms with E-state index in [2.05, 4.69) is 5.32 Å². The van der Waals surface area contributed by atoms with Crippen molar-refractivity contribution < 1.29 is 13.2 Å². The summed E-state index contributed by atoms with van der Waals surface area (Å²) in [5.74, 6) is 0.0530. The third-order valence-corrected chi connectivity index (χ3v) is 6.94. The maximum absolute atomic E-state index is 13.3. The van der Waals surface area contributed by atoms with Crippen molar-refractivity contribution in [2.75, 3.05) is 18.9 Å². The number of benzene rings is 3. The number of carbonyl (C=O) groups excluding carboxylic acids is 1. The molecule has 0 radical (unpaired) electrons. The summed E-state index contributed by atoms with van der Waals surface area (Å²) in [4.78, 5) is 14.7. The molecule has 3 aromatic rings. The highest BCUT2D eigenvalue weighted by Gasteiger charge is 2.23. The van der Waals surface area contributed by atoms with Crippen LogP contribution in [0.4, 0.5) is 5.69 Å². The van der Waals surface area contributed by atoms with Crippen molar-refractivity contribution in [2.24, 2.45) is 0 Å². The van der Waals surface area contributed by atoms with Crippen LogP contribution >= 0.6 is 0 Å². The van der Waals surface area contributed by atoms with Gasteiger partial charge < -0.3 is 10.2 Å². The Labute approximate surface area is 184 Å². The van der Waals surface area contributed by atoms with Crippen LogP contribution in [0.25, 0.3) is 0 Å². The van der Waals surface area contributed by atoms with Crippen LogP contribution < -0.4 is 5.32 Å². The molecule has 3 aromatic carbocycles. The third kappa shape index (κ3) is 5.52. The van der Waals surface area contributed by atoms with E-state index in [0.717, 1.165) is 11.1 Å². The fraction of sp³-hybridized carbons (Fsp3) is 0.240. The topological polar surface area (TPSA) is 66.5 Å². The number of amides is 1. The van der Waals surface area contributed by atoms with Gasteiger partial charge in [0.25, 0.3) is 0 Å². The molecule has 0 bridgehead atoms. The molecule has 0 saturated heterocycles. The summed E-state index contributed by atoms with van der Waals surface area (Å²) >= 11 is 0. The standard InChI is InChI=1S/C25H28N2O3S/c1-19(2)21-14-15-23(24(16-21)31(29,30)22-12-8-5-9-13-22)26-17-25(28)27(3)18-20-10-6-4-7-11-20/h4-16,19,26H,17-18H2,1-3H3. The number of anilines is 1. The quantitative estimate of drug-likeness (QED) is 0.555. The zero-order valence-electron chi connectivity index (χ0n) is 18.1. The lowest BCUT2D eigenvalue weighted by molar-refractivity contribution is -0.128. The van der Waals surface area contributed by atoms with E-state index in [1.807, 2.05) is 50.2 Å². The maximum atomic E-state index is 13.3. The van der Waals surface area contributed by atoms with Crippen LogP contribution in [0.5, 0.6) is 0 Å². The van der Waals surface area contributed by atoms with E-state index >= 15 is 0 Å². The van der Waals surface area contributed by atoms with Gasteiger partial charge in [-0.2, -0.15) is 0 Å². The molecular formula is C25H28N2O3S. The van der Waals surface area contributed by atoms with Crippen LogP contribution in [-0.4, -0.2) is 32.8 Å². The van der Waals surface area contributed by atoms with Crippen molar-refractivity contribution >= 4 is 21.4 Å². The Morgan fingerprint density at radius 1 is 0.935 bits per heavy atom. The lowest BCUT2D eigenvalue weighted by atomic mass is 10.0. The van der Waals surface area contributed by atoms with Crippen molar-refractivity contribution in [3.05, 3.63) is 90.0 Å². The second kappa shape index (κ2) is 9.79. The first kappa shape index (κ1) is 22.6. The Balaban J connectivity index is 1.83. The van der Waals surface area contributed by atoms with Crippen molar-refractivity contribution in [3.63, 3.8) is 0 Å². The zero-order chi connectivity index (χ0) is 22.4. The van der Waals surface area contributed by atoms with Gasteiger partial charge in [-0.1, -0.05) is 68.4 Å². The summed E-state index contributed by atoms with van der Waals surface area (Å²) < 4.78 is 26.6. The fourth-order valence-corrected chi connectivity index (χ4v) is 4.73. The normalized spacial score (nSPS) is 11.4. The Morgan fingerprint density at radius 3 is 2.16 bits per heavy atom. The number of rotatable bonds is 8. The molecule has 0 atom stereocenters. The molecule has 6 heteroatoms. The van der Waals surface area contributed by atoms with Gasteiger partial charge in [0.05, 0.1) is 22.0 Å². The average Bonchev–Trinajstić information content (AvgIpc) is 2.78. The second-order valence-electron chi connectivity index (χ2n) is 7.82. The number of carbonyl (C=O) groups is 1. The summed E-state index contributed by atoms with van der Waals surface area (Å²) in [5, 5.41) is 3.05. The van der Waals surface area contributed by atoms with Crippen molar-refractivity contribution in [1.29, 1.82) is 0 Å². The van der Waals surface area contributed by atoms with E-state index in [1.165, 1.54) is 0 Å². The minimum atomic E-state index is -3.73. The maximum Gasteiger partial charge on any atom is 0.241 e. The van der Waals surface area contributed by atoms with Gasteiger partial charge in [-0.05, 0) is 41.3 Å². The number of hydrogen-bond acceptors (Lipinski definition) is 4. The molecule has 31 heavy (non-hydrogen) atoms. The van der Waals surface area contributed by atoms with Gasteiger partial charge in [-0.3, -0.25) is 4.79 Å². The van der Waals surface area contributed by atoms with Gasteiger partial charge in [-0.15, -0.1) is 0 Å². The van der Waals surface area contributed by atoms with E-state index < -0.39 is 9.84 Å². The predicted molar refractivity (Wildman–Crippen MR) is 124 cm³/mol. The van der Waals surface area contributed by atoms with Crippen LogP contribution in [-0.2, 0) is 21.2 Å². The highest BCUT2D eigenvalue weighted by Crippen LogP contribution is 2.31. The van der Waals surface area contributed by atoms with Crippen LogP contribution in [0.1, 0.15) is 30.9 Å². The molecule has 0 unspecified atom stereocenters. The highest BCUT2D eigenvalue weighted by molar-refractivity contribution is 7.91. The molecule has 1 amide bonds. The molecule has 3 rings (SSSR count). The Hall–Kier alpha value is -3.12. The molecule has 5 nitrogen and oxygen atoms in total. The lowest BCUT2D eigenvalue weighted by Crippen LogP contribution is -2.32. The summed E-state index contributed by atoms with van der Waals surface area (Å²) in [6.07, 6.45) is 0. The second-order valence-corrected chi connectivity index (χ2v) is 9.73. The van der Waals surface area contributed by atoms with Gasteiger partial charge in [0.15, 0.2) is 0 Å². The van der Waals surface area contributed by atoms with Crippen molar-refractivity contribution in [3.8, 4) is 0 Å². The minimum Gasteiger partial charge on any atom is -0.375 e.